The first-order valence-electron chi connectivity index (χ1n) is 8.39. The van der Waals surface area contributed by atoms with Crippen LogP contribution < -0.4 is 0 Å². The van der Waals surface area contributed by atoms with Crippen molar-refractivity contribution in [1.29, 1.82) is 0 Å². The Morgan fingerprint density at radius 1 is 1.30 bits per heavy atom. The van der Waals surface area contributed by atoms with Crippen LogP contribution in [0.15, 0.2) is 12.3 Å². The summed E-state index contributed by atoms with van der Waals surface area (Å²) in [6, 6.07) is 2.84. The zero-order valence-electron chi connectivity index (χ0n) is 13.2. The molecule has 3 rings (SSSR count). The fourth-order valence-corrected chi connectivity index (χ4v) is 4.49. The predicted molar refractivity (Wildman–Crippen MR) is 82.8 cm³/mol. The first-order valence-corrected chi connectivity index (χ1v) is 8.39. The highest BCUT2D eigenvalue weighted by atomic mass is 16.3. The Bertz CT molecular complexity index is 474. The van der Waals surface area contributed by atoms with E-state index in [9.17, 15) is 5.11 Å². The molecule has 20 heavy (non-hydrogen) atoms. The Labute approximate surface area is 123 Å². The van der Waals surface area contributed by atoms with Crippen molar-refractivity contribution < 1.29 is 5.11 Å². The monoisotopic (exact) mass is 275 g/mol. The molecule has 0 aliphatic heterocycles. The molecular formula is C18H29NO. The lowest BCUT2D eigenvalue weighted by Gasteiger charge is -2.38. The van der Waals surface area contributed by atoms with Gasteiger partial charge in [-0.25, -0.2) is 0 Å². The molecule has 2 aliphatic rings. The Hall–Kier alpha value is -0.760. The van der Waals surface area contributed by atoms with E-state index in [1.54, 1.807) is 0 Å². The zero-order chi connectivity index (χ0) is 14.3. The molecule has 1 fully saturated rings. The van der Waals surface area contributed by atoms with Gasteiger partial charge in [0.05, 0.1) is 6.10 Å². The van der Waals surface area contributed by atoms with Gasteiger partial charge in [0, 0.05) is 23.5 Å². The lowest BCUT2D eigenvalue weighted by molar-refractivity contribution is 0.0958. The molecule has 0 spiro atoms. The smallest absolute Gasteiger partial charge is 0.0812 e. The van der Waals surface area contributed by atoms with Crippen LogP contribution in [0.1, 0.15) is 82.7 Å². The second-order valence-electron chi connectivity index (χ2n) is 7.71. The number of nitrogens with zero attached hydrogens (tertiary/aromatic N) is 1. The Morgan fingerprint density at radius 3 is 2.80 bits per heavy atom. The van der Waals surface area contributed by atoms with E-state index < -0.39 is 0 Å². The Kier molecular flexibility index (Phi) is 3.70. The summed E-state index contributed by atoms with van der Waals surface area (Å²) in [7, 11) is 0. The molecule has 3 unspecified atom stereocenters. The molecule has 1 saturated carbocycles. The predicted octanol–water partition coefficient (Wildman–Crippen LogP) is 4.64. The van der Waals surface area contributed by atoms with Crippen molar-refractivity contribution in [2.45, 2.75) is 77.9 Å². The Balaban J connectivity index is 1.95. The van der Waals surface area contributed by atoms with Gasteiger partial charge in [0.25, 0.3) is 0 Å². The maximum absolute atomic E-state index is 10.4. The maximum atomic E-state index is 10.4. The third kappa shape index (κ3) is 2.43. The third-order valence-electron chi connectivity index (χ3n) is 5.56. The van der Waals surface area contributed by atoms with Gasteiger partial charge in [-0.1, -0.05) is 40.0 Å². The first kappa shape index (κ1) is 14.2. The lowest BCUT2D eigenvalue weighted by Crippen LogP contribution is -2.30. The summed E-state index contributed by atoms with van der Waals surface area (Å²) in [6.45, 7) is 6.90. The van der Waals surface area contributed by atoms with Gasteiger partial charge < -0.3 is 9.67 Å². The quantitative estimate of drug-likeness (QED) is 0.836. The topological polar surface area (TPSA) is 25.2 Å². The van der Waals surface area contributed by atoms with Crippen LogP contribution in [0, 0.1) is 11.3 Å². The van der Waals surface area contributed by atoms with Crippen molar-refractivity contribution in [2.24, 2.45) is 11.3 Å². The van der Waals surface area contributed by atoms with E-state index in [0.29, 0.717) is 6.04 Å². The molecule has 1 aromatic heterocycles. The number of aliphatic hydroxyl groups excluding tert-OH is 1. The minimum Gasteiger partial charge on any atom is -0.388 e. The van der Waals surface area contributed by atoms with E-state index in [1.807, 2.05) is 0 Å². The molecular weight excluding hydrogens is 246 g/mol. The van der Waals surface area contributed by atoms with E-state index in [2.05, 4.69) is 37.6 Å². The van der Waals surface area contributed by atoms with Crippen molar-refractivity contribution >= 4 is 0 Å². The van der Waals surface area contributed by atoms with Crippen LogP contribution in [0.2, 0.25) is 0 Å². The van der Waals surface area contributed by atoms with E-state index in [4.69, 9.17) is 0 Å². The van der Waals surface area contributed by atoms with Crippen molar-refractivity contribution in [1.82, 2.24) is 4.57 Å². The lowest BCUT2D eigenvalue weighted by atomic mass is 9.75. The highest BCUT2D eigenvalue weighted by Gasteiger charge is 2.35. The normalized spacial score (nSPS) is 32.9. The van der Waals surface area contributed by atoms with Crippen LogP contribution in [-0.4, -0.2) is 9.67 Å². The molecule has 0 radical (unpaired) electrons. The fourth-order valence-electron chi connectivity index (χ4n) is 4.49. The summed E-state index contributed by atoms with van der Waals surface area (Å²) in [4.78, 5) is 0. The second-order valence-corrected chi connectivity index (χ2v) is 7.71. The van der Waals surface area contributed by atoms with Gasteiger partial charge in [-0.05, 0) is 43.1 Å². The van der Waals surface area contributed by atoms with E-state index in [-0.39, 0.29) is 11.5 Å². The number of aliphatic hydroxyl groups is 1. The fraction of sp³-hybridized carbons (Fsp3) is 0.778. The number of hydrogen-bond donors (Lipinski definition) is 1. The summed E-state index contributed by atoms with van der Waals surface area (Å²) >= 11 is 0. The minimum absolute atomic E-state index is 0.221. The van der Waals surface area contributed by atoms with Crippen molar-refractivity contribution in [2.75, 3.05) is 0 Å². The Morgan fingerprint density at radius 2 is 2.05 bits per heavy atom. The summed E-state index contributed by atoms with van der Waals surface area (Å²) < 4.78 is 2.53. The van der Waals surface area contributed by atoms with Crippen LogP contribution in [-0.2, 0) is 6.42 Å². The van der Waals surface area contributed by atoms with Crippen molar-refractivity contribution in [3.8, 4) is 0 Å². The minimum atomic E-state index is -0.265. The van der Waals surface area contributed by atoms with Crippen molar-refractivity contribution in [3.05, 3.63) is 23.5 Å². The average molecular weight is 275 g/mol. The van der Waals surface area contributed by atoms with Crippen LogP contribution in [0.5, 0.6) is 0 Å². The zero-order valence-corrected chi connectivity index (χ0v) is 13.2. The van der Waals surface area contributed by atoms with Crippen LogP contribution in [0.3, 0.4) is 0 Å². The molecule has 0 bridgehead atoms. The van der Waals surface area contributed by atoms with Gasteiger partial charge in [0.1, 0.15) is 0 Å². The largest absolute Gasteiger partial charge is 0.388 e. The SMILES string of the molecule is CCC1CCCCC1n1ccc2c1CC(C)(C)CC2O. The van der Waals surface area contributed by atoms with Crippen molar-refractivity contribution in [3.63, 3.8) is 0 Å². The molecule has 2 heteroatoms. The molecule has 0 saturated heterocycles. The van der Waals surface area contributed by atoms with E-state index in [0.717, 1.165) is 18.8 Å². The summed E-state index contributed by atoms with van der Waals surface area (Å²) in [5, 5.41) is 10.4. The second kappa shape index (κ2) is 5.22. The molecule has 2 nitrogen and oxygen atoms in total. The number of hydrogen-bond acceptors (Lipinski definition) is 1. The van der Waals surface area contributed by atoms with Gasteiger partial charge in [0.15, 0.2) is 0 Å². The van der Waals surface area contributed by atoms with Gasteiger partial charge in [-0.2, -0.15) is 0 Å². The molecule has 3 atom stereocenters. The maximum Gasteiger partial charge on any atom is 0.0812 e. The van der Waals surface area contributed by atoms with Gasteiger partial charge in [0.2, 0.25) is 0 Å². The highest BCUT2D eigenvalue weighted by molar-refractivity contribution is 5.30. The summed E-state index contributed by atoms with van der Waals surface area (Å²) in [5.74, 6) is 0.822. The number of rotatable bonds is 2. The van der Waals surface area contributed by atoms with Gasteiger partial charge >= 0.3 is 0 Å². The summed E-state index contributed by atoms with van der Waals surface area (Å²) in [5.41, 5.74) is 2.84. The molecule has 2 aliphatic carbocycles. The molecule has 112 valence electrons. The van der Waals surface area contributed by atoms with E-state index in [1.165, 1.54) is 43.4 Å². The average Bonchev–Trinajstić information content (AvgIpc) is 2.81. The number of fused-ring (bicyclic) bond motifs is 1. The highest BCUT2D eigenvalue weighted by Crippen LogP contribution is 2.44. The number of aromatic nitrogens is 1. The molecule has 1 heterocycles. The molecule has 0 aromatic carbocycles. The third-order valence-corrected chi connectivity index (χ3v) is 5.56. The standard InChI is InChI=1S/C18H29NO/c1-4-13-7-5-6-8-15(13)19-10-9-14-16(19)11-18(2,3)12-17(14)20/h9-10,13,15,17,20H,4-8,11-12H2,1-3H3. The molecule has 1 aromatic rings. The van der Waals surface area contributed by atoms with Gasteiger partial charge in [-0.3, -0.25) is 0 Å². The van der Waals surface area contributed by atoms with Crippen LogP contribution in [0.4, 0.5) is 0 Å². The van der Waals surface area contributed by atoms with Crippen LogP contribution in [0.25, 0.3) is 0 Å². The van der Waals surface area contributed by atoms with E-state index >= 15 is 0 Å². The molecule has 0 amide bonds. The molecule has 1 N–H and O–H groups in total. The van der Waals surface area contributed by atoms with Gasteiger partial charge in [-0.15, -0.1) is 0 Å². The van der Waals surface area contributed by atoms with Crippen LogP contribution >= 0.6 is 0 Å². The summed E-state index contributed by atoms with van der Waals surface area (Å²) in [6.07, 6.45) is 10.7. The first-order chi connectivity index (χ1) is 9.52.